The number of aromatic nitrogens is 1. The Bertz CT molecular complexity index is 1070. The van der Waals surface area contributed by atoms with Crippen molar-refractivity contribution in [3.63, 3.8) is 0 Å². The van der Waals surface area contributed by atoms with Crippen molar-refractivity contribution in [1.29, 1.82) is 0 Å². The summed E-state index contributed by atoms with van der Waals surface area (Å²) in [5.74, 6) is 0.877. The second-order valence-electron chi connectivity index (χ2n) is 7.07. The van der Waals surface area contributed by atoms with Gasteiger partial charge >= 0.3 is 0 Å². The number of rotatable bonds is 4. The van der Waals surface area contributed by atoms with E-state index in [9.17, 15) is 9.59 Å². The summed E-state index contributed by atoms with van der Waals surface area (Å²) in [4.78, 5) is 26.7. The number of nitrogens with one attached hydrogen (secondary N) is 1. The fourth-order valence-electron chi connectivity index (χ4n) is 3.25. The van der Waals surface area contributed by atoms with Crippen molar-refractivity contribution in [1.82, 2.24) is 5.16 Å². The largest absolute Gasteiger partial charge is 0.482 e. The van der Waals surface area contributed by atoms with Crippen LogP contribution >= 0.6 is 0 Å². The number of aryl methyl sites for hydroxylation is 3. The molecule has 0 aliphatic carbocycles. The predicted octanol–water partition coefficient (Wildman–Crippen LogP) is 3.78. The van der Waals surface area contributed by atoms with Crippen LogP contribution in [0.1, 0.15) is 32.9 Å². The van der Waals surface area contributed by atoms with E-state index in [1.54, 1.807) is 35.2 Å². The number of carbonyl (C=O) groups is 2. The molecule has 7 heteroatoms. The lowest BCUT2D eigenvalue weighted by Gasteiger charge is -2.29. The first-order valence-corrected chi connectivity index (χ1v) is 9.29. The van der Waals surface area contributed by atoms with Gasteiger partial charge in [-0.1, -0.05) is 22.9 Å². The van der Waals surface area contributed by atoms with Crippen LogP contribution in [0.4, 0.5) is 11.4 Å². The van der Waals surface area contributed by atoms with E-state index < -0.39 is 0 Å². The van der Waals surface area contributed by atoms with Crippen LogP contribution < -0.4 is 15.0 Å². The Hall–Kier alpha value is -3.61. The fourth-order valence-corrected chi connectivity index (χ4v) is 3.25. The fraction of sp³-hybridized carbons (Fsp3) is 0.227. The predicted molar refractivity (Wildman–Crippen MR) is 108 cm³/mol. The number of nitrogens with zero attached hydrogens (tertiary/aromatic N) is 2. The third kappa shape index (κ3) is 3.71. The summed E-state index contributed by atoms with van der Waals surface area (Å²) in [5, 5.41) is 6.84. The molecule has 4 rings (SSSR count). The van der Waals surface area contributed by atoms with Crippen molar-refractivity contribution in [2.24, 2.45) is 0 Å². The van der Waals surface area contributed by atoms with Gasteiger partial charge < -0.3 is 19.5 Å². The summed E-state index contributed by atoms with van der Waals surface area (Å²) in [6.45, 7) is 5.92. The molecule has 0 fully saturated rings. The first-order valence-electron chi connectivity index (χ1n) is 9.29. The zero-order valence-electron chi connectivity index (χ0n) is 16.5. The van der Waals surface area contributed by atoms with Gasteiger partial charge in [0.15, 0.2) is 6.61 Å². The lowest BCUT2D eigenvalue weighted by Crippen LogP contribution is -2.38. The maximum absolute atomic E-state index is 12.6. The van der Waals surface area contributed by atoms with Crippen molar-refractivity contribution in [3.8, 4) is 5.75 Å². The van der Waals surface area contributed by atoms with Gasteiger partial charge in [0.1, 0.15) is 11.5 Å². The topological polar surface area (TPSA) is 84.7 Å². The van der Waals surface area contributed by atoms with Crippen LogP contribution in [-0.2, 0) is 11.3 Å². The van der Waals surface area contributed by atoms with Gasteiger partial charge in [0, 0.05) is 16.8 Å². The highest BCUT2D eigenvalue weighted by Crippen LogP contribution is 2.36. The van der Waals surface area contributed by atoms with Crippen molar-refractivity contribution >= 4 is 23.2 Å². The second kappa shape index (κ2) is 7.43. The average molecular weight is 391 g/mol. The third-order valence-electron chi connectivity index (χ3n) is 4.97. The molecule has 2 aromatic carbocycles. The third-order valence-corrected chi connectivity index (χ3v) is 4.97. The molecule has 0 saturated carbocycles. The van der Waals surface area contributed by atoms with Gasteiger partial charge in [-0.25, -0.2) is 0 Å². The second-order valence-corrected chi connectivity index (χ2v) is 7.07. The molecule has 2 amide bonds. The van der Waals surface area contributed by atoms with Crippen molar-refractivity contribution < 1.29 is 18.8 Å². The van der Waals surface area contributed by atoms with Gasteiger partial charge in [0.05, 0.1) is 17.9 Å². The Morgan fingerprint density at radius 1 is 1.14 bits per heavy atom. The Labute approximate surface area is 168 Å². The molecule has 1 aliphatic heterocycles. The molecular formula is C22H21N3O4. The monoisotopic (exact) mass is 391 g/mol. The molecule has 148 valence electrons. The van der Waals surface area contributed by atoms with E-state index in [0.717, 1.165) is 16.8 Å². The molecule has 0 spiro atoms. The van der Waals surface area contributed by atoms with Gasteiger partial charge in [-0.15, -0.1) is 0 Å². The van der Waals surface area contributed by atoms with Crippen molar-refractivity contribution in [2.45, 2.75) is 27.3 Å². The molecule has 0 radical (unpaired) electrons. The van der Waals surface area contributed by atoms with E-state index in [0.29, 0.717) is 35.0 Å². The number of benzene rings is 2. The first-order chi connectivity index (χ1) is 13.9. The van der Waals surface area contributed by atoms with E-state index >= 15 is 0 Å². The van der Waals surface area contributed by atoms with Gasteiger partial charge in [0.2, 0.25) is 0 Å². The Kier molecular flexibility index (Phi) is 4.80. The summed E-state index contributed by atoms with van der Waals surface area (Å²) >= 11 is 0. The van der Waals surface area contributed by atoms with E-state index in [2.05, 4.69) is 10.5 Å². The van der Waals surface area contributed by atoms with Crippen LogP contribution in [0.15, 0.2) is 47.0 Å². The molecule has 3 aromatic rings. The number of carbonyl (C=O) groups excluding carboxylic acids is 2. The van der Waals surface area contributed by atoms with Crippen molar-refractivity contribution in [2.75, 3.05) is 16.8 Å². The highest BCUT2D eigenvalue weighted by Gasteiger charge is 2.28. The van der Waals surface area contributed by atoms with E-state index in [1.165, 1.54) is 0 Å². The molecule has 0 atom stereocenters. The molecule has 1 aromatic heterocycles. The smallest absolute Gasteiger partial charge is 0.265 e. The van der Waals surface area contributed by atoms with Crippen LogP contribution in [0, 0.1) is 20.8 Å². The van der Waals surface area contributed by atoms with Crippen molar-refractivity contribution in [3.05, 3.63) is 70.6 Å². The zero-order valence-corrected chi connectivity index (χ0v) is 16.5. The van der Waals surface area contributed by atoms with Crippen LogP contribution in [0.5, 0.6) is 5.75 Å². The molecule has 2 heterocycles. The zero-order chi connectivity index (χ0) is 20.5. The summed E-state index contributed by atoms with van der Waals surface area (Å²) < 4.78 is 10.8. The minimum Gasteiger partial charge on any atom is -0.482 e. The highest BCUT2D eigenvalue weighted by molar-refractivity contribution is 6.05. The number of anilines is 2. The van der Waals surface area contributed by atoms with Gasteiger partial charge in [-0.2, -0.15) is 0 Å². The molecule has 0 saturated heterocycles. The molecule has 7 nitrogen and oxygen atoms in total. The minimum absolute atomic E-state index is 0.0363. The SMILES string of the molecule is Cc1ccc(C(=O)Nc2ccc3c(c2)N(Cc2c(C)noc2C)C(=O)CO3)cc1. The first kappa shape index (κ1) is 18.7. The Balaban J connectivity index is 1.62. The number of hydrogen-bond acceptors (Lipinski definition) is 5. The molecule has 1 aliphatic rings. The van der Waals surface area contributed by atoms with Gasteiger partial charge in [-0.3, -0.25) is 9.59 Å². The summed E-state index contributed by atoms with van der Waals surface area (Å²) in [6, 6.07) is 12.6. The minimum atomic E-state index is -0.217. The van der Waals surface area contributed by atoms with E-state index in [4.69, 9.17) is 9.26 Å². The van der Waals surface area contributed by atoms with E-state index in [-0.39, 0.29) is 18.4 Å². The quantitative estimate of drug-likeness (QED) is 0.732. The molecule has 0 unspecified atom stereocenters. The average Bonchev–Trinajstić information content (AvgIpc) is 3.02. The standard InChI is InChI=1S/C22H21N3O4/c1-13-4-6-16(7-5-13)22(27)23-17-8-9-20-19(10-17)25(21(26)12-28-20)11-18-14(2)24-29-15(18)3/h4-10H,11-12H2,1-3H3,(H,23,27). The maximum Gasteiger partial charge on any atom is 0.265 e. The summed E-state index contributed by atoms with van der Waals surface area (Å²) in [7, 11) is 0. The van der Waals surface area contributed by atoms with Crippen LogP contribution in [0.3, 0.4) is 0 Å². The van der Waals surface area contributed by atoms with E-state index in [1.807, 2.05) is 32.9 Å². The Morgan fingerprint density at radius 2 is 1.90 bits per heavy atom. The highest BCUT2D eigenvalue weighted by atomic mass is 16.5. The molecule has 1 N–H and O–H groups in total. The molecule has 29 heavy (non-hydrogen) atoms. The van der Waals surface area contributed by atoms with Gasteiger partial charge in [-0.05, 0) is 51.1 Å². The number of amides is 2. The molecular weight excluding hydrogens is 370 g/mol. The van der Waals surface area contributed by atoms with Gasteiger partial charge in [0.25, 0.3) is 11.8 Å². The number of hydrogen-bond donors (Lipinski definition) is 1. The summed E-state index contributed by atoms with van der Waals surface area (Å²) in [6.07, 6.45) is 0. The lowest BCUT2D eigenvalue weighted by molar-refractivity contribution is -0.121. The number of ether oxygens (including phenoxy) is 1. The van der Waals surface area contributed by atoms with Crippen LogP contribution in [-0.4, -0.2) is 23.6 Å². The van der Waals surface area contributed by atoms with Crippen LogP contribution in [0.2, 0.25) is 0 Å². The van der Waals surface area contributed by atoms with Crippen LogP contribution in [0.25, 0.3) is 0 Å². The normalized spacial score (nSPS) is 13.1. The Morgan fingerprint density at radius 3 is 2.59 bits per heavy atom. The summed E-state index contributed by atoms with van der Waals surface area (Å²) in [5.41, 5.74) is 4.43. The molecule has 0 bridgehead atoms. The lowest BCUT2D eigenvalue weighted by atomic mass is 10.1. The maximum atomic E-state index is 12.6. The number of fused-ring (bicyclic) bond motifs is 1.